The molecule has 2 N–H and O–H groups in total. The van der Waals surface area contributed by atoms with Gasteiger partial charge < -0.3 is 10.6 Å². The van der Waals surface area contributed by atoms with Crippen LogP contribution in [0.3, 0.4) is 0 Å². The Kier molecular flexibility index (Phi) is 4.20. The van der Waals surface area contributed by atoms with E-state index in [0.717, 1.165) is 5.69 Å². The number of anilines is 2. The van der Waals surface area contributed by atoms with Crippen LogP contribution in [-0.4, -0.2) is 17.9 Å². The quantitative estimate of drug-likeness (QED) is 0.911. The number of pyridine rings is 1. The van der Waals surface area contributed by atoms with E-state index in [2.05, 4.69) is 15.6 Å². The van der Waals surface area contributed by atoms with E-state index in [4.69, 9.17) is 11.6 Å². The molecule has 1 aromatic carbocycles. The van der Waals surface area contributed by atoms with Gasteiger partial charge in [-0.2, -0.15) is 0 Å². The Labute approximate surface area is 121 Å². The molecule has 0 radical (unpaired) electrons. The van der Waals surface area contributed by atoms with E-state index in [1.54, 1.807) is 13.1 Å². The Hall–Kier alpha value is -2.14. The van der Waals surface area contributed by atoms with Crippen LogP contribution in [0.2, 0.25) is 5.02 Å². The number of benzene rings is 1. The summed E-state index contributed by atoms with van der Waals surface area (Å²) >= 11 is 5.78. The highest BCUT2D eigenvalue weighted by Gasteiger charge is 2.14. The second-order valence-corrected chi connectivity index (χ2v) is 4.64. The molecule has 0 atom stereocenters. The molecular formula is C14H13ClFN3O. The number of hydrogen-bond acceptors (Lipinski definition) is 3. The number of nitrogens with zero attached hydrogens (tertiary/aromatic N) is 1. The molecule has 0 saturated carbocycles. The highest BCUT2D eigenvalue weighted by atomic mass is 35.5. The van der Waals surface area contributed by atoms with E-state index in [1.807, 2.05) is 6.92 Å². The van der Waals surface area contributed by atoms with Gasteiger partial charge in [0.25, 0.3) is 5.91 Å². The first-order valence-corrected chi connectivity index (χ1v) is 6.30. The van der Waals surface area contributed by atoms with Crippen molar-refractivity contribution < 1.29 is 9.18 Å². The van der Waals surface area contributed by atoms with Crippen molar-refractivity contribution in [2.75, 3.05) is 17.7 Å². The van der Waals surface area contributed by atoms with Crippen molar-refractivity contribution in [1.29, 1.82) is 0 Å². The van der Waals surface area contributed by atoms with Crippen molar-refractivity contribution in [3.05, 3.63) is 52.6 Å². The minimum Gasteiger partial charge on any atom is -0.387 e. The molecule has 0 saturated heterocycles. The summed E-state index contributed by atoms with van der Waals surface area (Å²) in [4.78, 5) is 16.2. The molecule has 1 heterocycles. The maximum Gasteiger partial charge on any atom is 0.259 e. The van der Waals surface area contributed by atoms with Crippen LogP contribution in [0.4, 0.5) is 15.8 Å². The van der Waals surface area contributed by atoms with Gasteiger partial charge in [-0.15, -0.1) is 0 Å². The predicted octanol–water partition coefficient (Wildman–Crippen LogP) is 3.48. The summed E-state index contributed by atoms with van der Waals surface area (Å²) in [5.74, 6) is -1.00. The molecule has 0 unspecified atom stereocenters. The molecular weight excluding hydrogens is 281 g/mol. The fourth-order valence-corrected chi connectivity index (χ4v) is 1.90. The fourth-order valence-electron chi connectivity index (χ4n) is 1.73. The first kappa shape index (κ1) is 14.3. The monoisotopic (exact) mass is 293 g/mol. The van der Waals surface area contributed by atoms with E-state index in [9.17, 15) is 9.18 Å². The van der Waals surface area contributed by atoms with E-state index in [0.29, 0.717) is 16.3 Å². The molecule has 1 amide bonds. The molecule has 0 bridgehead atoms. The summed E-state index contributed by atoms with van der Waals surface area (Å²) in [6.07, 6.45) is 1.44. The molecule has 0 aliphatic carbocycles. The van der Waals surface area contributed by atoms with Gasteiger partial charge in [-0.3, -0.25) is 9.78 Å². The van der Waals surface area contributed by atoms with Crippen LogP contribution in [0.5, 0.6) is 0 Å². The van der Waals surface area contributed by atoms with E-state index in [1.165, 1.54) is 24.4 Å². The van der Waals surface area contributed by atoms with Crippen LogP contribution in [-0.2, 0) is 0 Å². The molecule has 2 rings (SSSR count). The number of aryl methyl sites for hydroxylation is 1. The molecule has 6 heteroatoms. The molecule has 2 aromatic rings. The van der Waals surface area contributed by atoms with Gasteiger partial charge in [0.15, 0.2) is 0 Å². The number of carbonyl (C=O) groups is 1. The molecule has 0 aliphatic rings. The Balaban J connectivity index is 2.30. The summed E-state index contributed by atoms with van der Waals surface area (Å²) in [7, 11) is 1.70. The zero-order valence-electron chi connectivity index (χ0n) is 11.0. The lowest BCUT2D eigenvalue weighted by Crippen LogP contribution is -2.15. The zero-order chi connectivity index (χ0) is 14.7. The van der Waals surface area contributed by atoms with Gasteiger partial charge in [-0.05, 0) is 31.2 Å². The SMILES string of the molecule is CNc1cc(C)ncc1C(=O)Nc1cc(Cl)ccc1F. The number of rotatable bonds is 3. The smallest absolute Gasteiger partial charge is 0.259 e. The molecule has 0 fully saturated rings. The van der Waals surface area contributed by atoms with Crippen molar-refractivity contribution in [2.45, 2.75) is 6.92 Å². The second-order valence-electron chi connectivity index (χ2n) is 4.20. The molecule has 1 aromatic heterocycles. The van der Waals surface area contributed by atoms with Gasteiger partial charge in [0.2, 0.25) is 0 Å². The molecule has 0 aliphatic heterocycles. The average molecular weight is 294 g/mol. The lowest BCUT2D eigenvalue weighted by molar-refractivity contribution is 0.102. The first-order chi connectivity index (χ1) is 9.51. The van der Waals surface area contributed by atoms with Crippen LogP contribution in [0.25, 0.3) is 0 Å². The van der Waals surface area contributed by atoms with Crippen molar-refractivity contribution in [3.8, 4) is 0 Å². The molecule has 0 spiro atoms. The number of hydrogen-bond donors (Lipinski definition) is 2. The summed E-state index contributed by atoms with van der Waals surface area (Å²) in [5.41, 5.74) is 1.76. The van der Waals surface area contributed by atoms with Gasteiger partial charge in [-0.1, -0.05) is 11.6 Å². The molecule has 20 heavy (non-hydrogen) atoms. The second kappa shape index (κ2) is 5.88. The predicted molar refractivity (Wildman–Crippen MR) is 77.9 cm³/mol. The number of nitrogens with one attached hydrogen (secondary N) is 2. The zero-order valence-corrected chi connectivity index (χ0v) is 11.8. The Morgan fingerprint density at radius 1 is 1.30 bits per heavy atom. The van der Waals surface area contributed by atoms with Gasteiger partial charge in [0.05, 0.1) is 16.9 Å². The topological polar surface area (TPSA) is 54.0 Å². The number of carbonyl (C=O) groups excluding carboxylic acids is 1. The standard InChI is InChI=1S/C14H13ClFN3O/c1-8-5-12(17-2)10(7-18-8)14(20)19-13-6-9(15)3-4-11(13)16/h3-7H,1-2H3,(H,17,18)(H,19,20). The summed E-state index contributed by atoms with van der Waals surface area (Å²) in [5, 5.41) is 5.74. The third-order valence-corrected chi connectivity index (χ3v) is 2.97. The normalized spacial score (nSPS) is 10.2. The third-order valence-electron chi connectivity index (χ3n) is 2.73. The van der Waals surface area contributed by atoms with Gasteiger partial charge in [-0.25, -0.2) is 4.39 Å². The van der Waals surface area contributed by atoms with Gasteiger partial charge in [0, 0.05) is 24.0 Å². The van der Waals surface area contributed by atoms with Gasteiger partial charge >= 0.3 is 0 Å². The maximum atomic E-state index is 13.6. The van der Waals surface area contributed by atoms with E-state index >= 15 is 0 Å². The van der Waals surface area contributed by atoms with Gasteiger partial charge in [0.1, 0.15) is 5.82 Å². The van der Waals surface area contributed by atoms with Crippen molar-refractivity contribution >= 4 is 28.9 Å². The molecule has 104 valence electrons. The molecule has 4 nitrogen and oxygen atoms in total. The summed E-state index contributed by atoms with van der Waals surface area (Å²) in [6.45, 7) is 1.82. The average Bonchev–Trinajstić information content (AvgIpc) is 2.42. The lowest BCUT2D eigenvalue weighted by Gasteiger charge is -2.11. The van der Waals surface area contributed by atoms with Crippen LogP contribution >= 0.6 is 11.6 Å². The largest absolute Gasteiger partial charge is 0.387 e. The Bertz CT molecular complexity index is 661. The van der Waals surface area contributed by atoms with E-state index in [-0.39, 0.29) is 5.69 Å². The van der Waals surface area contributed by atoms with Crippen LogP contribution in [0, 0.1) is 12.7 Å². The van der Waals surface area contributed by atoms with Crippen LogP contribution in [0.1, 0.15) is 16.1 Å². The Morgan fingerprint density at radius 3 is 2.75 bits per heavy atom. The van der Waals surface area contributed by atoms with Crippen molar-refractivity contribution in [1.82, 2.24) is 4.98 Å². The van der Waals surface area contributed by atoms with Crippen LogP contribution < -0.4 is 10.6 Å². The lowest BCUT2D eigenvalue weighted by atomic mass is 10.2. The Morgan fingerprint density at radius 2 is 2.05 bits per heavy atom. The minimum absolute atomic E-state index is 0.0325. The summed E-state index contributed by atoms with van der Waals surface area (Å²) < 4.78 is 13.6. The highest BCUT2D eigenvalue weighted by molar-refractivity contribution is 6.31. The van der Waals surface area contributed by atoms with E-state index < -0.39 is 11.7 Å². The number of halogens is 2. The fraction of sp³-hybridized carbons (Fsp3) is 0.143. The maximum absolute atomic E-state index is 13.6. The number of aromatic nitrogens is 1. The minimum atomic E-state index is -0.547. The first-order valence-electron chi connectivity index (χ1n) is 5.92. The summed E-state index contributed by atoms with van der Waals surface area (Å²) in [6, 6.07) is 5.71. The van der Waals surface area contributed by atoms with Crippen LogP contribution in [0.15, 0.2) is 30.5 Å². The highest BCUT2D eigenvalue weighted by Crippen LogP contribution is 2.22. The number of amides is 1. The van der Waals surface area contributed by atoms with Crippen molar-refractivity contribution in [3.63, 3.8) is 0 Å². The van der Waals surface area contributed by atoms with Crippen molar-refractivity contribution in [2.24, 2.45) is 0 Å². The third kappa shape index (κ3) is 3.05.